The van der Waals surface area contributed by atoms with Crippen LogP contribution in [0.5, 0.6) is 11.5 Å². The first kappa shape index (κ1) is 112. The minimum absolute atomic E-state index is 0.103. The van der Waals surface area contributed by atoms with Crippen molar-refractivity contribution in [2.24, 2.45) is 0 Å². The van der Waals surface area contributed by atoms with Crippen LogP contribution >= 0.6 is 458 Å². The monoisotopic (exact) mass is 5280 g/mol. The van der Waals surface area contributed by atoms with Crippen molar-refractivity contribution in [3.8, 4) is 34.0 Å². The molecule has 8 aromatic rings. The largest absolute Gasteiger partial charge is 0.573 e. The molecule has 8 heterocycles. The summed E-state index contributed by atoms with van der Waals surface area (Å²) in [5.74, 6) is -1.63. The third-order valence-electron chi connectivity index (χ3n) is 17.9. The maximum absolute atomic E-state index is 14.8. The molecule has 2 saturated carbocycles. The van der Waals surface area contributed by atoms with E-state index in [1.165, 1.54) is 60.1 Å². The number of piperazine rings is 2. The topological polar surface area (TPSA) is 173 Å². The molecule has 0 radical (unpaired) electrons. The molecule has 6 fully saturated rings. The second-order valence-corrected chi connectivity index (χ2v) is 758. The summed E-state index contributed by atoms with van der Waals surface area (Å²) in [6, 6.07) is 18.0. The number of ether oxygens (including phenoxy) is 3. The molecule has 4 bridgehead atoms. The number of para-hydroxylation sites is 2. The predicted molar refractivity (Wildman–Crippen MR) is 746 cm³/mol. The van der Waals surface area contributed by atoms with Gasteiger partial charge in [0.1, 0.15) is 45.4 Å². The van der Waals surface area contributed by atoms with Crippen molar-refractivity contribution in [1.29, 1.82) is 0 Å². The number of nitrogens with zero attached hydrogens (tertiary/aromatic N) is 8. The summed E-state index contributed by atoms with van der Waals surface area (Å²) in [6.45, 7) is 4.41. The van der Waals surface area contributed by atoms with Crippen molar-refractivity contribution in [1.82, 2.24) is 30.1 Å². The summed E-state index contributed by atoms with van der Waals surface area (Å²) in [5.41, 5.74) is 3.42. The van der Waals surface area contributed by atoms with Gasteiger partial charge in [-0.2, -0.15) is 0 Å². The fourth-order valence-electron chi connectivity index (χ4n) is 13.1. The zero-order valence-corrected chi connectivity index (χ0v) is 128. The van der Waals surface area contributed by atoms with E-state index in [1.54, 1.807) is 30.3 Å². The second kappa shape index (κ2) is 52.3. The number of alkyl halides is 6. The number of halogens is 40. The van der Waals surface area contributed by atoms with Crippen LogP contribution in [0.15, 0.2) is 81.8 Å². The number of hydrogen-bond acceptors (Lipinski definition) is 17. The second-order valence-electron chi connectivity index (χ2n) is 24.8. The van der Waals surface area contributed by atoms with Crippen LogP contribution in [-0.4, -0.2) is 130 Å². The molecule has 58 heteroatoms. The number of carbonyl (C=O) groups excluding carboxylic acids is 1. The number of benzene rings is 4. The minimum atomic E-state index is -4.83. The molecule has 14 rings (SSSR count). The number of carboxylic acid groups (broad SMARTS) is 1. The number of esters is 1. The number of likely N-dealkylation sites (tertiary alicyclic amines) is 2. The number of methoxy groups -OCH3 is 1. The van der Waals surface area contributed by atoms with E-state index in [9.17, 15) is 49.8 Å². The van der Waals surface area contributed by atoms with Crippen molar-refractivity contribution in [3.63, 3.8) is 0 Å². The number of hydrogen-bond donors (Lipinski definition) is 1. The molecule has 670 valence electrons. The Balaban J connectivity index is 0.000000164. The Morgan fingerprint density at radius 2 is 0.795 bits per heavy atom. The Kier molecular flexibility index (Phi) is 49.9. The van der Waals surface area contributed by atoms with E-state index in [4.69, 9.17) is 13.8 Å². The molecule has 2 aliphatic carbocycles. The van der Waals surface area contributed by atoms with Crippen LogP contribution in [0.4, 0.5) is 45.4 Å². The summed E-state index contributed by atoms with van der Waals surface area (Å²) in [7, 11) is -5.84. The fraction of sp³-hybridized carbons (Fsp3) is 0.424. The first-order chi connectivity index (χ1) is 55.3. The van der Waals surface area contributed by atoms with Gasteiger partial charge >= 0.3 is 460 Å². The van der Waals surface area contributed by atoms with E-state index in [1.807, 2.05) is 0 Å². The van der Waals surface area contributed by atoms with E-state index in [0.717, 1.165) is 117 Å². The molecular weight excluding hydrogens is 5230 g/mol. The number of fused-ring (bicyclic) bond motifs is 6. The summed E-state index contributed by atoms with van der Waals surface area (Å²) in [6.07, 6.45) is -0.803. The molecule has 6 aliphatic rings. The van der Waals surface area contributed by atoms with Gasteiger partial charge in [0.25, 0.3) is 0 Å². The molecule has 4 saturated heterocycles. The van der Waals surface area contributed by atoms with Gasteiger partial charge in [-0.15, -0.1) is 26.3 Å². The van der Waals surface area contributed by atoms with Crippen LogP contribution in [0.1, 0.15) is 107 Å². The molecule has 0 spiro atoms. The van der Waals surface area contributed by atoms with Gasteiger partial charge in [-0.25, -0.2) is 28.3 Å². The molecule has 4 aromatic heterocycles. The van der Waals surface area contributed by atoms with Gasteiger partial charge in [0.15, 0.2) is 21.9 Å². The number of anilines is 2. The number of aromatic nitrogens is 4. The van der Waals surface area contributed by atoms with Gasteiger partial charge in [-0.05, 0) is 113 Å². The number of carbonyl (C=O) groups is 2. The molecule has 1 N–H and O–H groups in total. The number of carboxylic acids is 1. The van der Waals surface area contributed by atoms with Crippen molar-refractivity contribution in [2.75, 3.05) is 56.2 Å². The summed E-state index contributed by atoms with van der Waals surface area (Å²) in [4.78, 5) is 41.8. The van der Waals surface area contributed by atoms with Gasteiger partial charge in [-0.1, -0.05) is 57.3 Å². The summed E-state index contributed by atoms with van der Waals surface area (Å²) >= 11 is 56.4. The molecule has 0 amide bonds. The standard InChI is InChI=1S/C30H28F4N4O4S.C29H26F4N4O4S.I32/c1-40-28(39)17-12-22(31)26-24(13-17)43-29(35-26)38-18-8-9-19(38)15-37(14-18)11-10-21-25(36-42-27(21)16-6-7-16)20-4-2-3-5-23(20)41-30(32,33)34;30-21-11-16(27(38)39)12-23-25(21)34-28(42-23)37-17-7-8-18(37)14-36(13-17)10-9-20-24(35-41-26(20)15-5-6-15)19-3-1-2-4-22(19)40-29(31,32)33;1-18(2)20(5)22(7)24(9)26(11)28(13)30(15)32(17)31(16)29(14)27(12)25(10)23(8)21(6)19(3)4/h2-5,12-13,16,18-19H,6-11,14-15H2,1H3;1-4,11-12,15,17-18H,5-10,13-14H2,(H,38,39);. The van der Waals surface area contributed by atoms with Crippen molar-refractivity contribution in [2.45, 2.75) is 113 Å². The zero-order chi connectivity index (χ0) is 84.7. The first-order valence-electron chi connectivity index (χ1n) is 32.5. The Hall–Kier alpha value is 15.9. The van der Waals surface area contributed by atoms with E-state index in [2.05, 4.69) is 366 Å². The van der Waals surface area contributed by atoms with Gasteiger partial charge in [0, 0.05) is 97.5 Å². The van der Waals surface area contributed by atoms with Gasteiger partial charge < -0.3 is 38.2 Å². The van der Waals surface area contributed by atoms with E-state index in [0.29, 0.717) is 51.9 Å². The fourth-order valence-corrected chi connectivity index (χ4v) is 5460. The normalized spacial score (nSPS) is 20.1. The predicted octanol–water partition coefficient (Wildman–Crippen LogP) is 41.4. The zero-order valence-electron chi connectivity index (χ0n) is 57.5. The van der Waals surface area contributed by atoms with Crippen LogP contribution in [0.25, 0.3) is 42.9 Å². The van der Waals surface area contributed by atoms with Gasteiger partial charge in [0.2, 0.25) is 0 Å². The van der Waals surface area contributed by atoms with Crippen LogP contribution in [-0.2, 0) is 17.6 Å². The van der Waals surface area contributed by atoms with E-state index >= 15 is 0 Å². The third-order valence-corrected chi connectivity index (χ3v) is 2330. The number of thiazole rings is 2. The first-order valence-corrected chi connectivity index (χ1v) is 229. The van der Waals surface area contributed by atoms with Gasteiger partial charge in [-0.3, -0.25) is 9.80 Å². The summed E-state index contributed by atoms with van der Waals surface area (Å²) < 4.78 is 134. The molecule has 16 nitrogen and oxygen atoms in total. The third kappa shape index (κ3) is 30.6. The SMILES string of the molecule is COC(=O)c1cc(F)c2nc(N3C4CCC3CN(CCc3c(-c5ccccc5OC(F)(F)F)noc3C3CC3)C4)sc2c1.II(I)I(I)I(I)I(I)I(I)I(I)I(I)I(I)I(I)I(I)I(I)I(I)I(I)I(I)I(I)I.O=C(O)c1cc(F)c2nc(N3C4CCC3CN(CCc3c(-c5ccccc5OC(F)(F)F)noc3C3CC3)C4)sc2c1. The Morgan fingerprint density at radius 3 is 1.10 bits per heavy atom. The van der Waals surface area contributed by atoms with Crippen LogP contribution in [0.3, 0.4) is 0 Å². The number of rotatable bonds is 30. The minimum Gasteiger partial charge on any atom is -0.478 e. The maximum Gasteiger partial charge on any atom is 0.573 e. The van der Waals surface area contributed by atoms with Crippen LogP contribution in [0.2, 0.25) is 0 Å². The van der Waals surface area contributed by atoms with Gasteiger partial charge in [0.05, 0.1) is 27.6 Å². The quantitative estimate of drug-likeness (QED) is 0.0256. The average Bonchev–Trinajstić information content (AvgIpc) is 1.51. The van der Waals surface area contributed by atoms with E-state index < -0.39 is 155 Å². The Labute approximate surface area is 896 Å². The average molecular weight is 5280 g/mol. The molecule has 4 atom stereocenters. The molecular formula is C59H54F8I32N8O8S2. The van der Waals surface area contributed by atoms with Crippen molar-refractivity contribution in [3.05, 3.63) is 118 Å². The molecule has 4 aromatic carbocycles. The maximum atomic E-state index is 14.8. The van der Waals surface area contributed by atoms with Crippen molar-refractivity contribution < 1.29 is 73.1 Å². The molecule has 4 unspecified atom stereocenters. The van der Waals surface area contributed by atoms with Crippen LogP contribution < -0.4 is 19.3 Å². The number of aromatic carboxylic acids is 1. The Bertz CT molecular complexity index is 4720. The molecule has 4 aliphatic heterocycles. The smallest absolute Gasteiger partial charge is 0.478 e. The van der Waals surface area contributed by atoms with E-state index in [-0.39, 0.29) is 80.8 Å². The van der Waals surface area contributed by atoms with Crippen molar-refractivity contribution >= 4 is 500 Å². The molecule has 117 heavy (non-hydrogen) atoms. The summed E-state index contributed by atoms with van der Waals surface area (Å²) in [5, 5.41) is 19.2. The van der Waals surface area contributed by atoms with Crippen LogP contribution in [0, 0.1) is 11.6 Å². The Morgan fingerprint density at radius 1 is 0.479 bits per heavy atom.